The van der Waals surface area contributed by atoms with Gasteiger partial charge in [0.05, 0.1) is 6.61 Å². The first-order valence-corrected chi connectivity index (χ1v) is 27.5. The Morgan fingerprint density at radius 2 is 0.672 bits per heavy atom. The molecular weight excluding hydrogens is 789 g/mol. The number of rotatable bonds is 50. The molecule has 0 fully saturated rings. The number of carbonyl (C=O) groups excluding carboxylic acids is 2. The highest BCUT2D eigenvalue weighted by Crippen LogP contribution is 2.16. The summed E-state index contributed by atoms with van der Waals surface area (Å²) in [5.74, 6) is -0.587. The highest BCUT2D eigenvalue weighted by molar-refractivity contribution is 5.70. The fraction of sp³-hybridized carbons (Fsp3) is 0.763. The van der Waals surface area contributed by atoms with E-state index in [2.05, 4.69) is 86.8 Å². The van der Waals surface area contributed by atoms with E-state index in [1.165, 1.54) is 173 Å². The molecule has 370 valence electrons. The van der Waals surface area contributed by atoms with Gasteiger partial charge in [-0.15, -0.1) is 0 Å². The number of aliphatic hydroxyl groups is 1. The fourth-order valence-electron chi connectivity index (χ4n) is 7.87. The monoisotopic (exact) mass is 893 g/mol. The first-order valence-electron chi connectivity index (χ1n) is 27.5. The quantitative estimate of drug-likeness (QED) is 0.0374. The third-order valence-electron chi connectivity index (χ3n) is 12.0. The number of ether oxygens (including phenoxy) is 2. The average Bonchev–Trinajstić information content (AvgIpc) is 3.30. The van der Waals surface area contributed by atoms with Crippen molar-refractivity contribution in [3.8, 4) is 0 Å². The van der Waals surface area contributed by atoms with Crippen LogP contribution in [0.4, 0.5) is 0 Å². The van der Waals surface area contributed by atoms with E-state index in [1.54, 1.807) is 0 Å². The Bertz CT molecular complexity index is 1150. The number of aliphatic hydroxyl groups excluding tert-OH is 1. The van der Waals surface area contributed by atoms with Crippen molar-refractivity contribution in [1.29, 1.82) is 0 Å². The van der Waals surface area contributed by atoms with Crippen LogP contribution in [0.15, 0.2) is 72.9 Å². The van der Waals surface area contributed by atoms with E-state index in [0.717, 1.165) is 70.6 Å². The molecule has 0 aliphatic rings. The van der Waals surface area contributed by atoms with E-state index >= 15 is 0 Å². The second-order valence-corrected chi connectivity index (χ2v) is 18.3. The zero-order valence-corrected chi connectivity index (χ0v) is 42.3. The molecule has 64 heavy (non-hydrogen) atoms. The Hall–Kier alpha value is -2.66. The summed E-state index contributed by atoms with van der Waals surface area (Å²) < 4.78 is 10.7. The van der Waals surface area contributed by atoms with Crippen LogP contribution < -0.4 is 0 Å². The van der Waals surface area contributed by atoms with Gasteiger partial charge in [-0.05, 0) is 83.5 Å². The summed E-state index contributed by atoms with van der Waals surface area (Å²) in [4.78, 5) is 24.5. The first-order chi connectivity index (χ1) is 31.6. The zero-order valence-electron chi connectivity index (χ0n) is 42.3. The minimum Gasteiger partial charge on any atom is -0.462 e. The van der Waals surface area contributed by atoms with Crippen molar-refractivity contribution in [3.63, 3.8) is 0 Å². The van der Waals surface area contributed by atoms with Gasteiger partial charge in [0.1, 0.15) is 6.61 Å². The van der Waals surface area contributed by atoms with E-state index in [0.29, 0.717) is 12.8 Å². The number of carbonyl (C=O) groups is 2. The van der Waals surface area contributed by atoms with E-state index in [9.17, 15) is 14.7 Å². The van der Waals surface area contributed by atoms with Gasteiger partial charge in [0.15, 0.2) is 6.10 Å². The molecule has 0 amide bonds. The predicted molar refractivity (Wildman–Crippen MR) is 279 cm³/mol. The van der Waals surface area contributed by atoms with E-state index in [4.69, 9.17) is 9.47 Å². The number of hydrogen-bond donors (Lipinski definition) is 1. The van der Waals surface area contributed by atoms with Crippen LogP contribution in [-0.2, 0) is 19.1 Å². The summed E-state index contributed by atoms with van der Waals surface area (Å²) in [6, 6.07) is 0. The average molecular weight is 893 g/mol. The van der Waals surface area contributed by atoms with Crippen LogP contribution in [0.5, 0.6) is 0 Å². The third kappa shape index (κ3) is 52.0. The molecule has 0 aromatic rings. The summed E-state index contributed by atoms with van der Waals surface area (Å²) in [5, 5.41) is 9.64. The molecule has 0 rings (SSSR count). The molecule has 0 saturated carbocycles. The molecular formula is C59H104O5. The summed E-state index contributed by atoms with van der Waals surface area (Å²) in [6.07, 6.45) is 74.4. The van der Waals surface area contributed by atoms with Crippen molar-refractivity contribution in [3.05, 3.63) is 72.9 Å². The van der Waals surface area contributed by atoms with Crippen LogP contribution >= 0.6 is 0 Å². The van der Waals surface area contributed by atoms with Gasteiger partial charge in [-0.1, -0.05) is 247 Å². The molecule has 5 heteroatoms. The number of esters is 2. The van der Waals surface area contributed by atoms with Crippen LogP contribution in [0.25, 0.3) is 0 Å². The summed E-state index contributed by atoms with van der Waals surface area (Å²) in [6.45, 7) is 4.02. The second kappa shape index (κ2) is 54.7. The third-order valence-corrected chi connectivity index (χ3v) is 12.0. The summed E-state index contributed by atoms with van der Waals surface area (Å²) in [5.41, 5.74) is 0. The maximum atomic E-state index is 12.3. The Labute approximate surface area is 397 Å². The molecule has 0 aliphatic heterocycles. The predicted octanol–water partition coefficient (Wildman–Crippen LogP) is 18.4. The van der Waals surface area contributed by atoms with E-state index in [-0.39, 0.29) is 25.2 Å². The molecule has 1 atom stereocenters. The lowest BCUT2D eigenvalue weighted by Crippen LogP contribution is -2.28. The first kappa shape index (κ1) is 61.3. The SMILES string of the molecule is CC/C=C\C/C=C\C/C=C\C/C=C\CCCCCCCCCCCCCCCCCCCCC(=O)OC(CO)COC(=O)CCCCCCCCCCC/C=C\C/C=C\CCCCC. The standard InChI is InChI=1S/C59H104O5/c1-3-5-7-9-11-13-15-17-19-21-23-24-25-26-27-28-29-30-31-32-33-34-36-38-40-42-44-46-48-50-52-54-59(62)64-57(55-60)56-63-58(61)53-51-49-47-45-43-41-39-37-35-22-20-18-16-14-12-10-8-6-4-2/h5,7,11-14,17-20,23-24,57,60H,3-4,6,8-10,15-16,21-22,25-56H2,1-2H3/b7-5-,13-11-,14-12-,19-17-,20-18-,24-23-. The number of unbranched alkanes of at least 4 members (excludes halogenated alkanes) is 30. The van der Waals surface area contributed by atoms with Crippen molar-refractivity contribution in [2.45, 2.75) is 277 Å². The molecule has 0 aromatic carbocycles. The molecule has 0 radical (unpaired) electrons. The molecule has 0 aromatic heterocycles. The lowest BCUT2D eigenvalue weighted by atomic mass is 10.0. The van der Waals surface area contributed by atoms with Crippen molar-refractivity contribution >= 4 is 11.9 Å². The van der Waals surface area contributed by atoms with Gasteiger partial charge >= 0.3 is 11.9 Å². The molecule has 0 aliphatic carbocycles. The Kier molecular flexibility index (Phi) is 52.4. The second-order valence-electron chi connectivity index (χ2n) is 18.3. The van der Waals surface area contributed by atoms with E-state index < -0.39 is 6.10 Å². The maximum Gasteiger partial charge on any atom is 0.306 e. The highest BCUT2D eigenvalue weighted by atomic mass is 16.6. The van der Waals surface area contributed by atoms with Crippen LogP contribution in [0.2, 0.25) is 0 Å². The molecule has 0 saturated heterocycles. The van der Waals surface area contributed by atoms with Gasteiger partial charge in [-0.2, -0.15) is 0 Å². The van der Waals surface area contributed by atoms with Gasteiger partial charge in [-0.3, -0.25) is 9.59 Å². The smallest absolute Gasteiger partial charge is 0.306 e. The Morgan fingerprint density at radius 3 is 1.02 bits per heavy atom. The maximum absolute atomic E-state index is 12.3. The summed E-state index contributed by atoms with van der Waals surface area (Å²) >= 11 is 0. The number of hydrogen-bond acceptors (Lipinski definition) is 5. The molecule has 1 N–H and O–H groups in total. The van der Waals surface area contributed by atoms with Crippen molar-refractivity contribution < 1.29 is 24.2 Å². The minimum absolute atomic E-state index is 0.0674. The van der Waals surface area contributed by atoms with Gasteiger partial charge in [0.25, 0.3) is 0 Å². The Balaban J connectivity index is 3.46. The van der Waals surface area contributed by atoms with Crippen molar-refractivity contribution in [1.82, 2.24) is 0 Å². The lowest BCUT2D eigenvalue weighted by molar-refractivity contribution is -0.161. The summed E-state index contributed by atoms with van der Waals surface area (Å²) in [7, 11) is 0. The molecule has 1 unspecified atom stereocenters. The van der Waals surface area contributed by atoms with Crippen LogP contribution in [0, 0.1) is 0 Å². The van der Waals surface area contributed by atoms with Crippen LogP contribution in [0.1, 0.15) is 271 Å². The Morgan fingerprint density at radius 1 is 0.375 bits per heavy atom. The lowest BCUT2D eigenvalue weighted by Gasteiger charge is -2.15. The van der Waals surface area contributed by atoms with Crippen molar-refractivity contribution in [2.24, 2.45) is 0 Å². The fourth-order valence-corrected chi connectivity index (χ4v) is 7.87. The van der Waals surface area contributed by atoms with Crippen LogP contribution in [-0.4, -0.2) is 36.4 Å². The normalized spacial score (nSPS) is 12.7. The topological polar surface area (TPSA) is 72.8 Å². The van der Waals surface area contributed by atoms with Gasteiger partial charge in [-0.25, -0.2) is 0 Å². The van der Waals surface area contributed by atoms with Crippen LogP contribution in [0.3, 0.4) is 0 Å². The molecule has 5 nitrogen and oxygen atoms in total. The van der Waals surface area contributed by atoms with Gasteiger partial charge in [0, 0.05) is 12.8 Å². The molecule has 0 bridgehead atoms. The van der Waals surface area contributed by atoms with E-state index in [1.807, 2.05) is 0 Å². The van der Waals surface area contributed by atoms with Crippen molar-refractivity contribution in [2.75, 3.05) is 13.2 Å². The largest absolute Gasteiger partial charge is 0.462 e. The van der Waals surface area contributed by atoms with Gasteiger partial charge < -0.3 is 14.6 Å². The highest BCUT2D eigenvalue weighted by Gasteiger charge is 2.16. The molecule has 0 spiro atoms. The molecule has 0 heterocycles. The minimum atomic E-state index is -0.775. The number of allylic oxidation sites excluding steroid dienone is 12. The van der Waals surface area contributed by atoms with Gasteiger partial charge in [0.2, 0.25) is 0 Å². The zero-order chi connectivity index (χ0) is 46.3.